The van der Waals surface area contributed by atoms with Crippen molar-refractivity contribution in [1.82, 2.24) is 5.43 Å². The van der Waals surface area contributed by atoms with Gasteiger partial charge < -0.3 is 9.47 Å². The Bertz CT molecular complexity index is 647. The molecule has 3 N–H and O–H groups in total. The predicted octanol–water partition coefficient (Wildman–Crippen LogP) is 2.64. The Labute approximate surface area is 131 Å². The molecule has 21 heavy (non-hydrogen) atoms. The van der Waals surface area contributed by atoms with E-state index in [-0.39, 0.29) is 5.91 Å². The first-order chi connectivity index (χ1) is 10.1. The number of methoxy groups -OCH3 is 1. The van der Waals surface area contributed by atoms with Crippen LogP contribution in [0.15, 0.2) is 46.9 Å². The number of carbonyl (C=O) groups excluding carboxylic acids is 1. The molecule has 0 heterocycles. The summed E-state index contributed by atoms with van der Waals surface area (Å²) in [6.07, 6.45) is 0. The van der Waals surface area contributed by atoms with Gasteiger partial charge in [0.25, 0.3) is 5.91 Å². The lowest BCUT2D eigenvalue weighted by molar-refractivity contribution is 0.0953. The normalized spacial score (nSPS) is 10.0. The number of carbonyl (C=O) groups is 1. The van der Waals surface area contributed by atoms with Gasteiger partial charge in [-0.05, 0) is 51.8 Å². The third-order valence-electron chi connectivity index (χ3n) is 2.85. The van der Waals surface area contributed by atoms with E-state index in [2.05, 4.69) is 21.4 Å². The fourth-order valence-corrected chi connectivity index (χ4v) is 2.24. The number of hydrogen-bond donors (Lipinski definition) is 2. The summed E-state index contributed by atoms with van der Waals surface area (Å²) in [7, 11) is 1.61. The highest BCUT2D eigenvalue weighted by Gasteiger charge is 2.06. The number of nitrogen functional groups attached to an aromatic ring is 1. The van der Waals surface area contributed by atoms with Crippen LogP contribution >= 0.6 is 15.9 Å². The molecule has 0 fully saturated rings. The quantitative estimate of drug-likeness (QED) is 0.493. The number of ether oxygens (including phenoxy) is 2. The SMILES string of the molecule is COc1ccc(OCc2cccc(C(=O)NN)c2)c(Br)c1. The van der Waals surface area contributed by atoms with Crippen LogP contribution < -0.4 is 20.7 Å². The van der Waals surface area contributed by atoms with Crippen molar-refractivity contribution in [2.75, 3.05) is 7.11 Å². The van der Waals surface area contributed by atoms with Crippen molar-refractivity contribution in [2.24, 2.45) is 5.84 Å². The standard InChI is InChI=1S/C15H15BrN2O3/c1-20-12-5-6-14(13(16)8-12)21-9-10-3-2-4-11(7-10)15(19)18-17/h2-8H,9,17H2,1H3,(H,18,19). The molecule has 5 nitrogen and oxygen atoms in total. The Morgan fingerprint density at radius 2 is 2.10 bits per heavy atom. The molecule has 0 aliphatic heterocycles. The maximum absolute atomic E-state index is 11.5. The van der Waals surface area contributed by atoms with Gasteiger partial charge in [0.15, 0.2) is 0 Å². The summed E-state index contributed by atoms with van der Waals surface area (Å²) in [5, 5.41) is 0. The van der Waals surface area contributed by atoms with Gasteiger partial charge in [-0.2, -0.15) is 0 Å². The van der Waals surface area contributed by atoms with E-state index in [9.17, 15) is 4.79 Å². The van der Waals surface area contributed by atoms with Crippen LogP contribution in [0, 0.1) is 0 Å². The van der Waals surface area contributed by atoms with Crippen LogP contribution in [0.2, 0.25) is 0 Å². The molecule has 0 bridgehead atoms. The van der Waals surface area contributed by atoms with Crippen LogP contribution in [-0.2, 0) is 6.61 Å². The summed E-state index contributed by atoms with van der Waals surface area (Å²) in [5.74, 6) is 6.23. The summed E-state index contributed by atoms with van der Waals surface area (Å²) < 4.78 is 11.7. The van der Waals surface area contributed by atoms with E-state index in [1.165, 1.54) is 0 Å². The number of halogens is 1. The second kappa shape index (κ2) is 7.10. The van der Waals surface area contributed by atoms with Gasteiger partial charge in [-0.25, -0.2) is 5.84 Å². The molecule has 2 rings (SSSR count). The molecule has 110 valence electrons. The van der Waals surface area contributed by atoms with E-state index in [1.54, 1.807) is 25.3 Å². The van der Waals surface area contributed by atoms with Gasteiger partial charge in [0.05, 0.1) is 11.6 Å². The average Bonchev–Trinajstić information content (AvgIpc) is 2.53. The van der Waals surface area contributed by atoms with Crippen molar-refractivity contribution in [3.05, 3.63) is 58.1 Å². The van der Waals surface area contributed by atoms with Gasteiger partial charge in [-0.15, -0.1) is 0 Å². The Morgan fingerprint density at radius 3 is 2.76 bits per heavy atom. The van der Waals surface area contributed by atoms with Crippen LogP contribution in [0.1, 0.15) is 15.9 Å². The zero-order chi connectivity index (χ0) is 15.2. The maximum atomic E-state index is 11.5. The van der Waals surface area contributed by atoms with Crippen molar-refractivity contribution in [3.8, 4) is 11.5 Å². The Morgan fingerprint density at radius 1 is 1.29 bits per heavy atom. The number of hydrazine groups is 1. The van der Waals surface area contributed by atoms with Gasteiger partial charge in [0.1, 0.15) is 18.1 Å². The molecule has 0 spiro atoms. The summed E-state index contributed by atoms with van der Waals surface area (Å²) in [4.78, 5) is 11.5. The molecule has 0 aromatic heterocycles. The lowest BCUT2D eigenvalue weighted by Gasteiger charge is -2.10. The lowest BCUT2D eigenvalue weighted by Crippen LogP contribution is -2.30. The molecule has 0 aliphatic carbocycles. The molecule has 0 radical (unpaired) electrons. The van der Waals surface area contributed by atoms with Crippen molar-refractivity contribution in [1.29, 1.82) is 0 Å². The number of nitrogens with two attached hydrogens (primary N) is 1. The van der Waals surface area contributed by atoms with Crippen molar-refractivity contribution < 1.29 is 14.3 Å². The molecule has 0 atom stereocenters. The second-order valence-corrected chi connectivity index (χ2v) is 5.11. The molecule has 0 unspecified atom stereocenters. The van der Waals surface area contributed by atoms with E-state index in [4.69, 9.17) is 15.3 Å². The minimum Gasteiger partial charge on any atom is -0.497 e. The van der Waals surface area contributed by atoms with Crippen LogP contribution in [0.25, 0.3) is 0 Å². The molecule has 2 aromatic rings. The fourth-order valence-electron chi connectivity index (χ4n) is 1.77. The maximum Gasteiger partial charge on any atom is 0.265 e. The first-order valence-electron chi connectivity index (χ1n) is 6.20. The van der Waals surface area contributed by atoms with E-state index >= 15 is 0 Å². The highest BCUT2D eigenvalue weighted by Crippen LogP contribution is 2.29. The largest absolute Gasteiger partial charge is 0.497 e. The van der Waals surface area contributed by atoms with Crippen molar-refractivity contribution >= 4 is 21.8 Å². The van der Waals surface area contributed by atoms with E-state index < -0.39 is 0 Å². The first-order valence-corrected chi connectivity index (χ1v) is 6.99. The number of rotatable bonds is 5. The highest BCUT2D eigenvalue weighted by molar-refractivity contribution is 9.10. The third-order valence-corrected chi connectivity index (χ3v) is 3.47. The Balaban J connectivity index is 2.08. The smallest absolute Gasteiger partial charge is 0.265 e. The van der Waals surface area contributed by atoms with Gasteiger partial charge in [0, 0.05) is 5.56 Å². The summed E-state index contributed by atoms with van der Waals surface area (Å²) in [5.41, 5.74) is 3.47. The number of benzene rings is 2. The topological polar surface area (TPSA) is 73.6 Å². The molecular formula is C15H15BrN2O3. The Kier molecular flexibility index (Phi) is 5.19. The summed E-state index contributed by atoms with van der Waals surface area (Å²) >= 11 is 3.42. The zero-order valence-electron chi connectivity index (χ0n) is 11.4. The van der Waals surface area contributed by atoms with Crippen LogP contribution in [0.4, 0.5) is 0 Å². The highest BCUT2D eigenvalue weighted by atomic mass is 79.9. The monoisotopic (exact) mass is 350 g/mol. The second-order valence-electron chi connectivity index (χ2n) is 4.26. The molecular weight excluding hydrogens is 336 g/mol. The van der Waals surface area contributed by atoms with Crippen LogP contribution in [0.5, 0.6) is 11.5 Å². The minimum absolute atomic E-state index is 0.331. The minimum atomic E-state index is -0.331. The van der Waals surface area contributed by atoms with Crippen molar-refractivity contribution in [2.45, 2.75) is 6.61 Å². The Hall–Kier alpha value is -2.05. The lowest BCUT2D eigenvalue weighted by atomic mass is 10.1. The molecule has 0 saturated heterocycles. The van der Waals surface area contributed by atoms with Gasteiger partial charge in [0.2, 0.25) is 0 Å². The fraction of sp³-hybridized carbons (Fsp3) is 0.133. The van der Waals surface area contributed by atoms with Gasteiger partial charge >= 0.3 is 0 Å². The first kappa shape index (κ1) is 15.3. The van der Waals surface area contributed by atoms with Crippen molar-refractivity contribution in [3.63, 3.8) is 0 Å². The van der Waals surface area contributed by atoms with E-state index in [1.807, 2.05) is 24.3 Å². The molecule has 0 aliphatic rings. The summed E-state index contributed by atoms with van der Waals surface area (Å²) in [6, 6.07) is 12.6. The number of hydrogen-bond acceptors (Lipinski definition) is 4. The van der Waals surface area contributed by atoms with Crippen LogP contribution in [0.3, 0.4) is 0 Å². The van der Waals surface area contributed by atoms with E-state index in [0.717, 1.165) is 15.8 Å². The zero-order valence-corrected chi connectivity index (χ0v) is 13.0. The number of amides is 1. The number of nitrogens with one attached hydrogen (secondary N) is 1. The molecule has 2 aromatic carbocycles. The van der Waals surface area contributed by atoms with E-state index in [0.29, 0.717) is 17.9 Å². The molecule has 6 heteroatoms. The molecule has 1 amide bonds. The molecule has 0 saturated carbocycles. The predicted molar refractivity (Wildman–Crippen MR) is 83.1 cm³/mol. The third kappa shape index (κ3) is 3.96. The van der Waals surface area contributed by atoms with Gasteiger partial charge in [-0.1, -0.05) is 12.1 Å². The van der Waals surface area contributed by atoms with Gasteiger partial charge in [-0.3, -0.25) is 10.2 Å². The average molecular weight is 351 g/mol. The van der Waals surface area contributed by atoms with Crippen LogP contribution in [-0.4, -0.2) is 13.0 Å². The summed E-state index contributed by atoms with van der Waals surface area (Å²) in [6.45, 7) is 0.344.